The number of nitrogens with zero attached hydrogens (tertiary/aromatic N) is 1. The molecule has 4 nitrogen and oxygen atoms in total. The number of benzene rings is 1. The number of fused-ring (bicyclic) bond motifs is 1. The first-order valence-corrected chi connectivity index (χ1v) is 5.47. The zero-order valence-electron chi connectivity index (χ0n) is 10.1. The van der Waals surface area contributed by atoms with Crippen molar-refractivity contribution in [2.45, 2.75) is 13.1 Å². The Morgan fingerprint density at radius 2 is 2.11 bits per heavy atom. The van der Waals surface area contributed by atoms with Crippen LogP contribution >= 0.6 is 0 Å². The quantitative estimate of drug-likeness (QED) is 0.665. The minimum absolute atomic E-state index is 0.0787. The molecule has 0 amide bonds. The maximum Gasteiger partial charge on any atom is 0.422 e. The van der Waals surface area contributed by atoms with Gasteiger partial charge in [-0.2, -0.15) is 13.2 Å². The second-order valence-corrected chi connectivity index (χ2v) is 4.01. The number of nitrogens with two attached hydrogens (primary N) is 1. The lowest BCUT2D eigenvalue weighted by molar-refractivity contribution is -0.153. The number of hydrogen-bond donors (Lipinski definition) is 2. The van der Waals surface area contributed by atoms with Gasteiger partial charge in [0.2, 0.25) is 0 Å². The molecule has 0 atom stereocenters. The molecule has 3 N–H and O–H groups in total. The maximum atomic E-state index is 12.2. The zero-order chi connectivity index (χ0) is 14.0. The third-order valence-corrected chi connectivity index (χ3v) is 2.48. The van der Waals surface area contributed by atoms with E-state index in [-0.39, 0.29) is 5.75 Å². The van der Waals surface area contributed by atoms with Crippen molar-refractivity contribution in [3.05, 3.63) is 30.0 Å². The molecule has 2 rings (SSSR count). The number of para-hydroxylation sites is 1. The van der Waals surface area contributed by atoms with Gasteiger partial charge in [0.25, 0.3) is 0 Å². The Kier molecular flexibility index (Phi) is 3.48. The fraction of sp³-hybridized carbons (Fsp3) is 0.250. The van der Waals surface area contributed by atoms with Crippen LogP contribution in [0.1, 0.15) is 5.69 Å². The Morgan fingerprint density at radius 1 is 1.37 bits per heavy atom. The molecule has 1 aromatic carbocycles. The minimum atomic E-state index is -4.39. The molecule has 0 bridgehead atoms. The van der Waals surface area contributed by atoms with Gasteiger partial charge in [-0.15, -0.1) is 0 Å². The number of aromatic nitrogens is 1. The molecule has 1 heterocycles. The Morgan fingerprint density at radius 3 is 2.74 bits per heavy atom. The highest BCUT2D eigenvalue weighted by Gasteiger charge is 2.28. The van der Waals surface area contributed by atoms with E-state index in [1.807, 2.05) is 0 Å². The molecule has 1 aromatic heterocycles. The van der Waals surface area contributed by atoms with Gasteiger partial charge in [-0.3, -0.25) is 5.84 Å². The molecule has 0 spiro atoms. The summed E-state index contributed by atoms with van der Waals surface area (Å²) in [6, 6.07) is 6.44. The Hall–Kier alpha value is -2.02. The third-order valence-electron chi connectivity index (χ3n) is 2.48. The summed E-state index contributed by atoms with van der Waals surface area (Å²) >= 11 is 0. The molecule has 2 aromatic rings. The van der Waals surface area contributed by atoms with Gasteiger partial charge in [0, 0.05) is 11.1 Å². The lowest BCUT2D eigenvalue weighted by atomic mass is 10.1. The highest BCUT2D eigenvalue weighted by molar-refractivity contribution is 5.94. The van der Waals surface area contributed by atoms with Crippen molar-refractivity contribution in [2.24, 2.45) is 5.84 Å². The van der Waals surface area contributed by atoms with Crippen LogP contribution in [0.4, 0.5) is 18.9 Å². The van der Waals surface area contributed by atoms with Crippen molar-refractivity contribution in [1.29, 1.82) is 0 Å². The Bertz CT molecular complexity index is 599. The summed E-state index contributed by atoms with van der Waals surface area (Å²) in [5, 5.41) is 0.604. The molecule has 0 saturated heterocycles. The van der Waals surface area contributed by atoms with Crippen molar-refractivity contribution >= 4 is 16.6 Å². The normalized spacial score (nSPS) is 11.6. The van der Waals surface area contributed by atoms with Gasteiger partial charge in [-0.25, -0.2) is 4.98 Å². The number of hydrazine groups is 1. The largest absolute Gasteiger partial charge is 0.482 e. The molecule has 0 aliphatic heterocycles. The first kappa shape index (κ1) is 13.4. The van der Waals surface area contributed by atoms with Gasteiger partial charge in [-0.05, 0) is 19.1 Å². The first-order chi connectivity index (χ1) is 8.90. The third kappa shape index (κ3) is 3.05. The molecule has 0 unspecified atom stereocenters. The lowest BCUT2D eigenvalue weighted by Gasteiger charge is -2.13. The van der Waals surface area contributed by atoms with Gasteiger partial charge in [0.15, 0.2) is 6.61 Å². The van der Waals surface area contributed by atoms with Crippen LogP contribution in [0, 0.1) is 6.92 Å². The summed E-state index contributed by atoms with van der Waals surface area (Å²) in [5.74, 6) is 5.46. The SMILES string of the molecule is Cc1cc(NN)c2cccc(OCC(F)(F)F)c2n1. The number of hydrogen-bond acceptors (Lipinski definition) is 4. The standard InChI is InChI=1S/C12H12F3N3O/c1-7-5-9(18-16)8-3-2-4-10(11(8)17-7)19-6-12(13,14)15/h2-5H,6,16H2,1H3,(H,17,18). The number of aryl methyl sites for hydroxylation is 1. The van der Waals surface area contributed by atoms with E-state index in [1.165, 1.54) is 6.07 Å². The Labute approximate surface area is 107 Å². The summed E-state index contributed by atoms with van der Waals surface area (Å²) in [4.78, 5) is 4.20. The second-order valence-electron chi connectivity index (χ2n) is 4.01. The maximum absolute atomic E-state index is 12.2. The molecule has 0 aliphatic rings. The van der Waals surface area contributed by atoms with Crippen LogP contribution in [0.2, 0.25) is 0 Å². The fourth-order valence-corrected chi connectivity index (χ4v) is 1.75. The van der Waals surface area contributed by atoms with Crippen LogP contribution < -0.4 is 16.0 Å². The van der Waals surface area contributed by atoms with E-state index < -0.39 is 12.8 Å². The second kappa shape index (κ2) is 4.93. The van der Waals surface area contributed by atoms with Gasteiger partial charge in [-0.1, -0.05) is 12.1 Å². The molecule has 0 fully saturated rings. The number of nitrogens with one attached hydrogen (secondary N) is 1. The predicted molar refractivity (Wildman–Crippen MR) is 65.8 cm³/mol. The number of halogens is 3. The number of nitrogen functional groups attached to an aromatic ring is 1. The van der Waals surface area contributed by atoms with Crippen molar-refractivity contribution < 1.29 is 17.9 Å². The smallest absolute Gasteiger partial charge is 0.422 e. The number of rotatable bonds is 3. The van der Waals surface area contributed by atoms with Gasteiger partial charge in [0.1, 0.15) is 11.3 Å². The van der Waals surface area contributed by atoms with Crippen molar-refractivity contribution in [3.63, 3.8) is 0 Å². The molecule has 7 heteroatoms. The molecule has 0 saturated carbocycles. The number of alkyl halides is 3. The van der Waals surface area contributed by atoms with Crippen molar-refractivity contribution in [3.8, 4) is 5.75 Å². The van der Waals surface area contributed by atoms with E-state index in [0.717, 1.165) is 0 Å². The Balaban J connectivity index is 2.47. The first-order valence-electron chi connectivity index (χ1n) is 5.47. The molecule has 102 valence electrons. The van der Waals surface area contributed by atoms with Crippen molar-refractivity contribution in [1.82, 2.24) is 4.98 Å². The summed E-state index contributed by atoms with van der Waals surface area (Å²) in [6.45, 7) is 0.369. The van der Waals surface area contributed by atoms with Crippen LogP contribution in [0.3, 0.4) is 0 Å². The number of pyridine rings is 1. The van der Waals surface area contributed by atoms with Crippen molar-refractivity contribution in [2.75, 3.05) is 12.0 Å². The number of ether oxygens (including phenoxy) is 1. The van der Waals surface area contributed by atoms with E-state index in [4.69, 9.17) is 10.6 Å². The number of anilines is 1. The van der Waals surface area contributed by atoms with E-state index in [1.54, 1.807) is 25.1 Å². The zero-order valence-corrected chi connectivity index (χ0v) is 10.1. The summed E-state index contributed by atoms with van der Waals surface area (Å²) in [5.41, 5.74) is 4.05. The predicted octanol–water partition coefficient (Wildman–Crippen LogP) is 2.77. The molecule has 19 heavy (non-hydrogen) atoms. The van der Waals surface area contributed by atoms with Crippen LogP contribution in [-0.2, 0) is 0 Å². The van der Waals surface area contributed by atoms with E-state index in [9.17, 15) is 13.2 Å². The topological polar surface area (TPSA) is 60.2 Å². The molecule has 0 aliphatic carbocycles. The highest BCUT2D eigenvalue weighted by Crippen LogP contribution is 2.30. The van der Waals surface area contributed by atoms with Gasteiger partial charge >= 0.3 is 6.18 Å². The van der Waals surface area contributed by atoms with Crippen LogP contribution in [-0.4, -0.2) is 17.8 Å². The fourth-order valence-electron chi connectivity index (χ4n) is 1.75. The average molecular weight is 271 g/mol. The average Bonchev–Trinajstić information content (AvgIpc) is 2.34. The lowest BCUT2D eigenvalue weighted by Crippen LogP contribution is -2.19. The summed E-state index contributed by atoms with van der Waals surface area (Å²) in [6.07, 6.45) is -4.39. The monoisotopic (exact) mass is 271 g/mol. The van der Waals surface area contributed by atoms with Crippen LogP contribution in [0.15, 0.2) is 24.3 Å². The van der Waals surface area contributed by atoms with Gasteiger partial charge in [0.05, 0.1) is 5.69 Å². The highest BCUT2D eigenvalue weighted by atomic mass is 19.4. The van der Waals surface area contributed by atoms with Crippen LogP contribution in [0.5, 0.6) is 5.75 Å². The minimum Gasteiger partial charge on any atom is -0.482 e. The van der Waals surface area contributed by atoms with E-state index >= 15 is 0 Å². The van der Waals surface area contributed by atoms with E-state index in [0.29, 0.717) is 22.3 Å². The van der Waals surface area contributed by atoms with E-state index in [2.05, 4.69) is 10.4 Å². The summed E-state index contributed by atoms with van der Waals surface area (Å²) in [7, 11) is 0. The molecular formula is C12H12F3N3O. The molecule has 0 radical (unpaired) electrons. The van der Waals surface area contributed by atoms with Crippen LogP contribution in [0.25, 0.3) is 10.9 Å². The summed E-state index contributed by atoms with van der Waals surface area (Å²) < 4.78 is 41.3. The molecular weight excluding hydrogens is 259 g/mol. The van der Waals surface area contributed by atoms with Gasteiger partial charge < -0.3 is 10.2 Å².